The van der Waals surface area contributed by atoms with Crippen molar-refractivity contribution in [2.45, 2.75) is 6.10 Å². The van der Waals surface area contributed by atoms with Gasteiger partial charge < -0.3 is 4.74 Å². The van der Waals surface area contributed by atoms with Crippen molar-refractivity contribution in [1.82, 2.24) is 0 Å². The summed E-state index contributed by atoms with van der Waals surface area (Å²) in [7, 11) is 0. The molecule has 0 fully saturated rings. The average Bonchev–Trinajstić information content (AvgIpc) is 2.47. The third-order valence-electron chi connectivity index (χ3n) is 1.95. The van der Waals surface area contributed by atoms with E-state index in [4.69, 9.17) is 4.74 Å². The fraction of sp³-hybridized carbons (Fsp3) is 0.100. The second kappa shape index (κ2) is 3.87. The van der Waals surface area contributed by atoms with Crippen molar-refractivity contribution in [2.75, 3.05) is 0 Å². The molecule has 4 heteroatoms. The maximum absolute atomic E-state index is 11.2. The van der Waals surface area contributed by atoms with Crippen LogP contribution in [0.5, 0.6) is 0 Å². The quantitative estimate of drug-likeness (QED) is 0.743. The van der Waals surface area contributed by atoms with Crippen molar-refractivity contribution >= 4 is 37.8 Å². The lowest BCUT2D eigenvalue weighted by atomic mass is 10.1. The molecule has 0 saturated carbocycles. The largest absolute Gasteiger partial charge is 0.448 e. The molecule has 0 bridgehead atoms. The van der Waals surface area contributed by atoms with Crippen molar-refractivity contribution in [3.8, 4) is 0 Å². The summed E-state index contributed by atoms with van der Waals surface area (Å²) in [6.45, 7) is 0. The lowest BCUT2D eigenvalue weighted by Gasteiger charge is -2.09. The summed E-state index contributed by atoms with van der Waals surface area (Å²) < 4.78 is 6.37. The summed E-state index contributed by atoms with van der Waals surface area (Å²) in [6.07, 6.45) is -0.307. The molecule has 1 aromatic rings. The first-order valence-corrected chi connectivity index (χ1v) is 5.60. The van der Waals surface area contributed by atoms with Gasteiger partial charge in [0, 0.05) is 0 Å². The summed E-state index contributed by atoms with van der Waals surface area (Å²) in [5.41, 5.74) is 0.960. The highest BCUT2D eigenvalue weighted by Gasteiger charge is 2.32. The van der Waals surface area contributed by atoms with Gasteiger partial charge in [-0.1, -0.05) is 30.3 Å². The Kier molecular flexibility index (Phi) is 2.74. The second-order valence-corrected chi connectivity index (χ2v) is 4.51. The molecule has 2 rings (SSSR count). The van der Waals surface area contributed by atoms with Gasteiger partial charge in [-0.05, 0) is 37.4 Å². The van der Waals surface area contributed by atoms with Crippen molar-refractivity contribution < 1.29 is 9.53 Å². The normalized spacial score (nSPS) is 21.3. The smallest absolute Gasteiger partial charge is 0.347 e. The minimum absolute atomic E-state index is 0.307. The number of rotatable bonds is 1. The van der Waals surface area contributed by atoms with Crippen LogP contribution in [0.3, 0.4) is 0 Å². The molecule has 2 nitrogen and oxygen atoms in total. The van der Waals surface area contributed by atoms with E-state index in [0.717, 1.165) is 10.0 Å². The Bertz CT molecular complexity index is 398. The molecule has 1 heterocycles. The summed E-state index contributed by atoms with van der Waals surface area (Å²) in [4.78, 5) is 11.2. The first kappa shape index (κ1) is 9.93. The van der Waals surface area contributed by atoms with Crippen LogP contribution in [0.15, 0.2) is 39.3 Å². The maximum Gasteiger partial charge on any atom is 0.347 e. The van der Waals surface area contributed by atoms with Crippen LogP contribution >= 0.6 is 31.9 Å². The molecule has 0 saturated heterocycles. The van der Waals surface area contributed by atoms with E-state index in [1.807, 2.05) is 30.3 Å². The van der Waals surface area contributed by atoms with Gasteiger partial charge in [-0.25, -0.2) is 4.79 Å². The number of halogens is 2. The van der Waals surface area contributed by atoms with Gasteiger partial charge in [0.05, 0.1) is 4.48 Å². The van der Waals surface area contributed by atoms with Crippen LogP contribution in [0.25, 0.3) is 0 Å². The van der Waals surface area contributed by atoms with Gasteiger partial charge in [-0.2, -0.15) is 0 Å². The number of ether oxygens (including phenoxy) is 1. The number of cyclic esters (lactones) is 1. The molecule has 0 unspecified atom stereocenters. The van der Waals surface area contributed by atoms with Gasteiger partial charge in [-0.3, -0.25) is 0 Å². The monoisotopic (exact) mass is 316 g/mol. The number of carbonyl (C=O) groups is 1. The molecule has 0 spiro atoms. The highest BCUT2D eigenvalue weighted by Crippen LogP contribution is 2.40. The van der Waals surface area contributed by atoms with E-state index in [-0.39, 0.29) is 12.1 Å². The van der Waals surface area contributed by atoms with E-state index in [9.17, 15) is 4.79 Å². The van der Waals surface area contributed by atoms with Crippen LogP contribution in [0, 0.1) is 0 Å². The Balaban J connectivity index is 2.36. The predicted molar refractivity (Wildman–Crippen MR) is 60.2 cm³/mol. The standard InChI is InChI=1S/C10H6Br2O2/c11-7-8(12)10(13)14-9(7)6-4-2-1-3-5-6/h1-5,9H/t9-/m1/s1. The number of benzene rings is 1. The van der Waals surface area contributed by atoms with Gasteiger partial charge in [0.2, 0.25) is 0 Å². The van der Waals surface area contributed by atoms with Crippen LogP contribution in [0.2, 0.25) is 0 Å². The minimum Gasteiger partial charge on any atom is -0.448 e. The van der Waals surface area contributed by atoms with Crippen molar-refractivity contribution in [1.29, 1.82) is 0 Å². The molecule has 1 aromatic carbocycles. The van der Waals surface area contributed by atoms with E-state index < -0.39 is 0 Å². The summed E-state index contributed by atoms with van der Waals surface area (Å²) in [6, 6.07) is 9.59. The number of carbonyl (C=O) groups excluding carboxylic acids is 1. The first-order valence-electron chi connectivity index (χ1n) is 4.01. The molecule has 0 amide bonds. The van der Waals surface area contributed by atoms with Gasteiger partial charge in [0.1, 0.15) is 4.48 Å². The van der Waals surface area contributed by atoms with Crippen LogP contribution in [0.1, 0.15) is 11.7 Å². The highest BCUT2D eigenvalue weighted by atomic mass is 79.9. The molecule has 0 aliphatic carbocycles. The zero-order valence-corrected chi connectivity index (χ0v) is 10.2. The third-order valence-corrected chi connectivity index (χ3v) is 4.04. The molecular weight excluding hydrogens is 312 g/mol. The Hall–Kier alpha value is -0.610. The van der Waals surface area contributed by atoms with E-state index in [1.165, 1.54) is 0 Å². The topological polar surface area (TPSA) is 26.3 Å². The molecule has 1 atom stereocenters. The fourth-order valence-corrected chi connectivity index (χ4v) is 2.09. The average molecular weight is 318 g/mol. The van der Waals surface area contributed by atoms with E-state index in [1.54, 1.807) is 0 Å². The number of hydrogen-bond acceptors (Lipinski definition) is 2. The summed E-state index contributed by atoms with van der Waals surface area (Å²) in [5.74, 6) is -0.328. The predicted octanol–water partition coefficient (Wildman–Crippen LogP) is 3.29. The minimum atomic E-state index is -0.328. The van der Waals surface area contributed by atoms with Gasteiger partial charge >= 0.3 is 5.97 Å². The lowest BCUT2D eigenvalue weighted by Crippen LogP contribution is -2.01. The Morgan fingerprint density at radius 3 is 2.29 bits per heavy atom. The zero-order valence-electron chi connectivity index (χ0n) is 7.04. The first-order chi connectivity index (χ1) is 6.70. The molecule has 0 N–H and O–H groups in total. The van der Waals surface area contributed by atoms with Crippen LogP contribution in [0.4, 0.5) is 0 Å². The molecule has 72 valence electrons. The van der Waals surface area contributed by atoms with Gasteiger partial charge in [0.25, 0.3) is 0 Å². The Morgan fingerprint density at radius 1 is 1.14 bits per heavy atom. The maximum atomic E-state index is 11.2. The summed E-state index contributed by atoms with van der Waals surface area (Å²) in [5, 5.41) is 0. The SMILES string of the molecule is O=C1O[C@H](c2ccccc2)C(Br)=C1Br. The molecule has 14 heavy (non-hydrogen) atoms. The van der Waals surface area contributed by atoms with E-state index in [0.29, 0.717) is 4.48 Å². The Morgan fingerprint density at radius 2 is 1.79 bits per heavy atom. The number of esters is 1. The van der Waals surface area contributed by atoms with E-state index in [2.05, 4.69) is 31.9 Å². The molecular formula is C10H6Br2O2. The van der Waals surface area contributed by atoms with Crippen LogP contribution < -0.4 is 0 Å². The Labute approximate surface area is 98.2 Å². The van der Waals surface area contributed by atoms with Crippen LogP contribution in [-0.4, -0.2) is 5.97 Å². The highest BCUT2D eigenvalue weighted by molar-refractivity contribution is 9.14. The summed E-state index contributed by atoms with van der Waals surface area (Å²) >= 11 is 6.50. The third kappa shape index (κ3) is 1.64. The van der Waals surface area contributed by atoms with Gasteiger partial charge in [-0.15, -0.1) is 0 Å². The van der Waals surface area contributed by atoms with Gasteiger partial charge in [0.15, 0.2) is 6.10 Å². The molecule has 0 radical (unpaired) electrons. The van der Waals surface area contributed by atoms with Crippen molar-refractivity contribution in [3.05, 3.63) is 44.9 Å². The zero-order chi connectivity index (χ0) is 10.1. The number of hydrogen-bond donors (Lipinski definition) is 0. The molecule has 1 aliphatic rings. The molecule has 0 aromatic heterocycles. The van der Waals surface area contributed by atoms with Crippen molar-refractivity contribution in [2.24, 2.45) is 0 Å². The second-order valence-electron chi connectivity index (χ2n) is 2.86. The molecule has 1 aliphatic heterocycles. The van der Waals surface area contributed by atoms with Crippen molar-refractivity contribution in [3.63, 3.8) is 0 Å². The lowest BCUT2D eigenvalue weighted by molar-refractivity contribution is -0.139. The van der Waals surface area contributed by atoms with E-state index >= 15 is 0 Å². The fourth-order valence-electron chi connectivity index (χ4n) is 1.27. The van der Waals surface area contributed by atoms with Crippen LogP contribution in [-0.2, 0) is 9.53 Å².